The molecule has 11 heteroatoms. The zero-order chi connectivity index (χ0) is 29.1. The number of fused-ring (bicyclic) bond motifs is 1. The summed E-state index contributed by atoms with van der Waals surface area (Å²) in [6, 6.07) is 10.8. The molecule has 0 fully saturated rings. The highest BCUT2D eigenvalue weighted by molar-refractivity contribution is 5.91. The maximum absolute atomic E-state index is 12.9. The molecule has 0 unspecified atom stereocenters. The second-order valence-corrected chi connectivity index (χ2v) is 9.25. The Hall–Kier alpha value is -5.19. The summed E-state index contributed by atoms with van der Waals surface area (Å²) in [5, 5.41) is 58.9. The third-order valence-corrected chi connectivity index (χ3v) is 6.78. The van der Waals surface area contributed by atoms with Crippen molar-refractivity contribution in [2.45, 2.75) is 30.8 Å². The average Bonchev–Trinajstić information content (AvgIpc) is 3.33. The van der Waals surface area contributed by atoms with Crippen LogP contribution < -0.4 is 0 Å². The largest absolute Gasteiger partial charge is 0.508 e. The van der Waals surface area contributed by atoms with Gasteiger partial charge in [0.05, 0.1) is 13.0 Å². The van der Waals surface area contributed by atoms with Crippen LogP contribution in [0.1, 0.15) is 39.7 Å². The summed E-state index contributed by atoms with van der Waals surface area (Å²) in [4.78, 5) is 37.2. The quantitative estimate of drug-likeness (QED) is 0.137. The molecule has 208 valence electrons. The molecule has 6 N–H and O–H groups in total. The van der Waals surface area contributed by atoms with E-state index in [9.17, 15) is 45.0 Å². The number of rotatable bonds is 8. The number of methoxy groups -OCH3 is 1. The Kier molecular flexibility index (Phi) is 7.85. The number of benzene rings is 3. The normalized spacial score (nSPS) is 16.8. The van der Waals surface area contributed by atoms with Crippen LogP contribution in [0.4, 0.5) is 0 Å². The molecule has 3 aromatic rings. The van der Waals surface area contributed by atoms with Crippen LogP contribution in [0.25, 0.3) is 6.08 Å². The molecular formula is C29H26O11. The summed E-state index contributed by atoms with van der Waals surface area (Å²) in [7, 11) is 1.21. The molecule has 4 rings (SSSR count). The van der Waals surface area contributed by atoms with Crippen LogP contribution in [0.5, 0.6) is 28.7 Å². The van der Waals surface area contributed by atoms with Gasteiger partial charge in [0.15, 0.2) is 23.0 Å². The fourth-order valence-electron chi connectivity index (χ4n) is 4.85. The maximum Gasteiger partial charge on any atom is 0.345 e. The van der Waals surface area contributed by atoms with E-state index in [1.165, 1.54) is 49.6 Å². The Morgan fingerprint density at radius 3 is 2.17 bits per heavy atom. The van der Waals surface area contributed by atoms with Crippen LogP contribution in [0.3, 0.4) is 0 Å². The van der Waals surface area contributed by atoms with Crippen LogP contribution in [-0.2, 0) is 36.7 Å². The lowest BCUT2D eigenvalue weighted by molar-refractivity contribution is -0.160. The first-order valence-corrected chi connectivity index (χ1v) is 12.1. The molecule has 1 aliphatic carbocycles. The lowest BCUT2D eigenvalue weighted by atomic mass is 9.85. The summed E-state index contributed by atoms with van der Waals surface area (Å²) in [5.74, 6) is -6.17. The molecule has 0 heterocycles. The van der Waals surface area contributed by atoms with Crippen LogP contribution >= 0.6 is 0 Å². The minimum Gasteiger partial charge on any atom is -0.508 e. The van der Waals surface area contributed by atoms with Gasteiger partial charge in [-0.2, -0.15) is 0 Å². The predicted molar refractivity (Wildman–Crippen MR) is 139 cm³/mol. The number of aromatic hydroxyl groups is 5. The van der Waals surface area contributed by atoms with Crippen LogP contribution in [0, 0.1) is 0 Å². The van der Waals surface area contributed by atoms with E-state index in [0.717, 1.165) is 12.1 Å². The lowest BCUT2D eigenvalue weighted by Gasteiger charge is -2.20. The van der Waals surface area contributed by atoms with Gasteiger partial charge in [0.2, 0.25) is 6.10 Å². The fraction of sp³-hybridized carbons (Fsp3) is 0.207. The molecule has 0 spiro atoms. The minimum atomic E-state index is -1.60. The van der Waals surface area contributed by atoms with Crippen molar-refractivity contribution in [2.75, 3.05) is 7.11 Å². The Morgan fingerprint density at radius 1 is 0.900 bits per heavy atom. The van der Waals surface area contributed by atoms with Gasteiger partial charge < -0.3 is 40.1 Å². The number of carbonyl (C=O) groups is 3. The van der Waals surface area contributed by atoms with Crippen molar-refractivity contribution >= 4 is 24.0 Å². The SMILES string of the molecule is COC(=O)[C@@H]1c2c(/C=C/C(=O)O[C@H](Cc3ccc(O)c(O)c3)C(=O)O)ccc(O)c2C[C@H]1c1ccc(O)c(O)c1. The zero-order valence-electron chi connectivity index (χ0n) is 21.1. The van der Waals surface area contributed by atoms with Crippen molar-refractivity contribution in [1.82, 2.24) is 0 Å². The van der Waals surface area contributed by atoms with E-state index in [2.05, 4.69) is 0 Å². The Balaban J connectivity index is 1.61. The second-order valence-electron chi connectivity index (χ2n) is 9.25. The van der Waals surface area contributed by atoms with E-state index in [0.29, 0.717) is 27.8 Å². The number of phenolic OH excluding ortho intramolecular Hbond substituents is 5. The third kappa shape index (κ3) is 5.63. The van der Waals surface area contributed by atoms with Gasteiger partial charge in [-0.15, -0.1) is 0 Å². The molecule has 3 aromatic carbocycles. The lowest BCUT2D eigenvalue weighted by Crippen LogP contribution is -2.28. The van der Waals surface area contributed by atoms with E-state index in [4.69, 9.17) is 9.47 Å². The van der Waals surface area contributed by atoms with E-state index < -0.39 is 41.6 Å². The van der Waals surface area contributed by atoms with Crippen LogP contribution in [-0.4, -0.2) is 61.8 Å². The average molecular weight is 551 g/mol. The van der Waals surface area contributed by atoms with E-state index in [1.54, 1.807) is 6.07 Å². The highest BCUT2D eigenvalue weighted by Gasteiger charge is 2.42. The molecule has 0 amide bonds. The van der Waals surface area contributed by atoms with Gasteiger partial charge in [0.1, 0.15) is 5.75 Å². The fourth-order valence-corrected chi connectivity index (χ4v) is 4.85. The molecular weight excluding hydrogens is 524 g/mol. The van der Waals surface area contributed by atoms with Crippen molar-refractivity contribution in [3.63, 3.8) is 0 Å². The van der Waals surface area contributed by atoms with Gasteiger partial charge in [0.25, 0.3) is 0 Å². The number of hydrogen-bond donors (Lipinski definition) is 6. The first kappa shape index (κ1) is 27.8. The molecule has 0 saturated carbocycles. The standard InChI is InChI=1S/C29H26O11/c1-39-29(38)27-17(16-4-8-21(32)23(34)12-16)13-18-19(30)7-3-15(26(18)27)5-9-25(35)40-24(28(36)37)11-14-2-6-20(31)22(33)10-14/h2-10,12,17,24,27,30-34H,11,13H2,1H3,(H,36,37)/b9-5+/t17-,24+,27-/m0/s1. The Labute approximate surface area is 227 Å². The minimum absolute atomic E-state index is 0.0859. The number of hydrogen-bond acceptors (Lipinski definition) is 10. The summed E-state index contributed by atoms with van der Waals surface area (Å²) < 4.78 is 10.1. The Bertz CT molecular complexity index is 1510. The first-order chi connectivity index (χ1) is 19.0. The first-order valence-electron chi connectivity index (χ1n) is 12.1. The molecule has 0 saturated heterocycles. The molecule has 11 nitrogen and oxygen atoms in total. The van der Waals surface area contributed by atoms with Crippen molar-refractivity contribution in [3.8, 4) is 28.7 Å². The number of carboxylic acid groups (broad SMARTS) is 1. The monoisotopic (exact) mass is 550 g/mol. The molecule has 1 aliphatic rings. The van der Waals surface area contributed by atoms with Crippen molar-refractivity contribution in [1.29, 1.82) is 0 Å². The van der Waals surface area contributed by atoms with E-state index >= 15 is 0 Å². The van der Waals surface area contributed by atoms with Gasteiger partial charge >= 0.3 is 17.9 Å². The molecule has 0 aliphatic heterocycles. The van der Waals surface area contributed by atoms with Gasteiger partial charge in [-0.1, -0.05) is 18.2 Å². The van der Waals surface area contributed by atoms with Crippen molar-refractivity contribution < 1.29 is 54.5 Å². The highest BCUT2D eigenvalue weighted by atomic mass is 16.6. The molecule has 3 atom stereocenters. The summed E-state index contributed by atoms with van der Waals surface area (Å²) in [6.07, 6.45) is 0.644. The van der Waals surface area contributed by atoms with Crippen molar-refractivity contribution in [2.24, 2.45) is 0 Å². The number of esters is 2. The van der Waals surface area contributed by atoms with E-state index in [-0.39, 0.29) is 35.8 Å². The third-order valence-electron chi connectivity index (χ3n) is 6.78. The van der Waals surface area contributed by atoms with E-state index in [1.807, 2.05) is 0 Å². The van der Waals surface area contributed by atoms with Gasteiger partial charge in [-0.3, -0.25) is 4.79 Å². The number of aliphatic carboxylic acids is 1. The molecule has 0 aromatic heterocycles. The smallest absolute Gasteiger partial charge is 0.345 e. The van der Waals surface area contributed by atoms with Crippen LogP contribution in [0.2, 0.25) is 0 Å². The Morgan fingerprint density at radius 2 is 1.55 bits per heavy atom. The number of carboxylic acids is 1. The summed E-state index contributed by atoms with van der Waals surface area (Å²) >= 11 is 0. The molecule has 0 bridgehead atoms. The van der Waals surface area contributed by atoms with Gasteiger partial charge in [0, 0.05) is 18.4 Å². The van der Waals surface area contributed by atoms with Crippen molar-refractivity contribution in [3.05, 3.63) is 82.4 Å². The topological polar surface area (TPSA) is 191 Å². The van der Waals surface area contributed by atoms with Gasteiger partial charge in [-0.05, 0) is 70.6 Å². The number of phenols is 5. The predicted octanol–water partition coefficient (Wildman–Crippen LogP) is 3.06. The molecule has 0 radical (unpaired) electrons. The van der Waals surface area contributed by atoms with Gasteiger partial charge in [-0.25, -0.2) is 9.59 Å². The maximum atomic E-state index is 12.9. The number of ether oxygens (including phenoxy) is 2. The number of carbonyl (C=O) groups excluding carboxylic acids is 2. The highest BCUT2D eigenvalue weighted by Crippen LogP contribution is 2.50. The summed E-state index contributed by atoms with van der Waals surface area (Å²) in [5.41, 5.74) is 2.02. The molecule has 40 heavy (non-hydrogen) atoms. The second kappa shape index (κ2) is 11.3. The summed E-state index contributed by atoms with van der Waals surface area (Å²) in [6.45, 7) is 0. The zero-order valence-corrected chi connectivity index (χ0v) is 21.1. The van der Waals surface area contributed by atoms with Crippen LogP contribution in [0.15, 0.2) is 54.6 Å².